The summed E-state index contributed by atoms with van der Waals surface area (Å²) in [5.41, 5.74) is 3.56. The Labute approximate surface area is 163 Å². The van der Waals surface area contributed by atoms with Crippen LogP contribution in [-0.2, 0) is 9.84 Å². The molecule has 1 amide bonds. The molecule has 2 unspecified atom stereocenters. The summed E-state index contributed by atoms with van der Waals surface area (Å²) in [5.74, 6) is -0.0880. The molecule has 7 heteroatoms. The molecule has 2 aliphatic rings. The quantitative estimate of drug-likeness (QED) is 0.774. The van der Waals surface area contributed by atoms with E-state index in [1.54, 1.807) is 24.3 Å². The number of aliphatic imine (C=N–C) groups is 1. The van der Waals surface area contributed by atoms with E-state index in [-0.39, 0.29) is 28.7 Å². The van der Waals surface area contributed by atoms with Crippen molar-refractivity contribution < 1.29 is 13.2 Å². The van der Waals surface area contributed by atoms with E-state index in [1.165, 1.54) is 11.8 Å². The molecule has 2 aliphatic heterocycles. The number of hydrogen-bond donors (Lipinski definition) is 0. The Bertz CT molecular complexity index is 1030. The highest BCUT2D eigenvalue weighted by molar-refractivity contribution is 8.16. The van der Waals surface area contributed by atoms with Crippen molar-refractivity contribution in [3.05, 3.63) is 65.2 Å². The van der Waals surface area contributed by atoms with Crippen LogP contribution in [-0.4, -0.2) is 42.3 Å². The lowest BCUT2D eigenvalue weighted by Gasteiger charge is -2.26. The Balaban J connectivity index is 1.78. The second kappa shape index (κ2) is 6.80. The standard InChI is InChI=1S/C20H20N2O3S2/c1-13-8-9-14(2)16(10-13)22-17-11-27(24,25)12-18(17)26-20(22)21-19(23)15-6-4-3-5-7-15/h3-10,17-18H,11-12H2,1-2H3. The van der Waals surface area contributed by atoms with Crippen molar-refractivity contribution in [2.45, 2.75) is 25.1 Å². The number of carbonyl (C=O) groups excluding carboxylic acids is 1. The van der Waals surface area contributed by atoms with E-state index in [2.05, 4.69) is 4.99 Å². The van der Waals surface area contributed by atoms with Crippen molar-refractivity contribution in [1.29, 1.82) is 0 Å². The third-order valence-electron chi connectivity index (χ3n) is 4.91. The summed E-state index contributed by atoms with van der Waals surface area (Å²) in [6.07, 6.45) is 0. The van der Waals surface area contributed by atoms with Gasteiger partial charge in [0.1, 0.15) is 0 Å². The largest absolute Gasteiger partial charge is 0.315 e. The number of thioether (sulfide) groups is 1. The number of amides is 1. The molecule has 4 rings (SSSR count). The first-order valence-electron chi connectivity index (χ1n) is 8.76. The summed E-state index contributed by atoms with van der Waals surface area (Å²) in [6, 6.07) is 14.8. The molecule has 2 aromatic carbocycles. The highest BCUT2D eigenvalue weighted by Crippen LogP contribution is 2.42. The smallest absolute Gasteiger partial charge is 0.279 e. The van der Waals surface area contributed by atoms with Gasteiger partial charge in [0, 0.05) is 16.5 Å². The third kappa shape index (κ3) is 3.53. The Kier molecular flexibility index (Phi) is 4.60. The molecular formula is C20H20N2O3S2. The summed E-state index contributed by atoms with van der Waals surface area (Å²) in [4.78, 5) is 19.0. The molecule has 0 aromatic heterocycles. The molecule has 2 atom stereocenters. The fourth-order valence-electron chi connectivity index (χ4n) is 3.56. The van der Waals surface area contributed by atoms with Crippen LogP contribution in [0.25, 0.3) is 0 Å². The van der Waals surface area contributed by atoms with E-state index in [1.807, 2.05) is 43.0 Å². The molecule has 2 heterocycles. The second-order valence-corrected chi connectivity index (χ2v) is 10.4. The normalized spacial score (nSPS) is 25.0. The van der Waals surface area contributed by atoms with Crippen LogP contribution in [0.5, 0.6) is 0 Å². The highest BCUT2D eigenvalue weighted by Gasteiger charge is 2.49. The van der Waals surface area contributed by atoms with Gasteiger partial charge < -0.3 is 4.90 Å². The van der Waals surface area contributed by atoms with Gasteiger partial charge in [-0.1, -0.05) is 42.1 Å². The molecule has 2 fully saturated rings. The van der Waals surface area contributed by atoms with Gasteiger partial charge in [-0.15, -0.1) is 0 Å². The molecule has 2 aromatic rings. The van der Waals surface area contributed by atoms with Gasteiger partial charge in [-0.25, -0.2) is 8.42 Å². The fourth-order valence-corrected chi connectivity index (χ4v) is 7.46. The molecule has 5 nitrogen and oxygen atoms in total. The Morgan fingerprint density at radius 1 is 1.11 bits per heavy atom. The van der Waals surface area contributed by atoms with Crippen LogP contribution in [0.3, 0.4) is 0 Å². The number of benzene rings is 2. The third-order valence-corrected chi connectivity index (χ3v) is 8.12. The number of anilines is 1. The first-order valence-corrected chi connectivity index (χ1v) is 11.5. The van der Waals surface area contributed by atoms with Gasteiger partial charge in [0.15, 0.2) is 15.0 Å². The van der Waals surface area contributed by atoms with Crippen molar-refractivity contribution in [3.63, 3.8) is 0 Å². The number of carbonyl (C=O) groups is 1. The average molecular weight is 401 g/mol. The molecule has 0 radical (unpaired) electrons. The lowest BCUT2D eigenvalue weighted by molar-refractivity contribution is 0.100. The van der Waals surface area contributed by atoms with Crippen LogP contribution in [0.1, 0.15) is 21.5 Å². The van der Waals surface area contributed by atoms with Crippen LogP contribution in [0.4, 0.5) is 5.69 Å². The molecule has 0 bridgehead atoms. The molecule has 140 valence electrons. The van der Waals surface area contributed by atoms with Gasteiger partial charge in [-0.3, -0.25) is 4.79 Å². The molecular weight excluding hydrogens is 380 g/mol. The maximum absolute atomic E-state index is 12.6. The predicted octanol–water partition coefficient (Wildman–Crippen LogP) is 3.22. The lowest BCUT2D eigenvalue weighted by atomic mass is 10.1. The van der Waals surface area contributed by atoms with Gasteiger partial charge >= 0.3 is 0 Å². The predicted molar refractivity (Wildman–Crippen MR) is 110 cm³/mol. The Morgan fingerprint density at radius 2 is 1.85 bits per heavy atom. The molecule has 0 N–H and O–H groups in total. The average Bonchev–Trinajstić information content (AvgIpc) is 3.09. The molecule has 0 aliphatic carbocycles. The van der Waals surface area contributed by atoms with Gasteiger partial charge in [-0.05, 0) is 43.2 Å². The molecule has 2 saturated heterocycles. The summed E-state index contributed by atoms with van der Waals surface area (Å²) < 4.78 is 24.4. The van der Waals surface area contributed by atoms with Crippen molar-refractivity contribution in [2.24, 2.45) is 4.99 Å². The first-order chi connectivity index (χ1) is 12.8. The maximum Gasteiger partial charge on any atom is 0.279 e. The summed E-state index contributed by atoms with van der Waals surface area (Å²) >= 11 is 1.40. The van der Waals surface area contributed by atoms with Gasteiger partial charge in [0.25, 0.3) is 5.91 Å². The SMILES string of the molecule is Cc1ccc(C)c(N2C(=NC(=O)c3ccccc3)SC3CS(=O)(=O)CC32)c1. The summed E-state index contributed by atoms with van der Waals surface area (Å²) in [6.45, 7) is 3.99. The van der Waals surface area contributed by atoms with Gasteiger partial charge in [-0.2, -0.15) is 4.99 Å². The van der Waals surface area contributed by atoms with E-state index in [0.29, 0.717) is 10.7 Å². The lowest BCUT2D eigenvalue weighted by Crippen LogP contribution is -2.38. The number of hydrogen-bond acceptors (Lipinski definition) is 4. The van der Waals surface area contributed by atoms with Crippen LogP contribution in [0.2, 0.25) is 0 Å². The van der Waals surface area contributed by atoms with Crippen LogP contribution >= 0.6 is 11.8 Å². The molecule has 27 heavy (non-hydrogen) atoms. The van der Waals surface area contributed by atoms with E-state index in [0.717, 1.165) is 16.8 Å². The number of amidine groups is 1. The van der Waals surface area contributed by atoms with Crippen LogP contribution < -0.4 is 4.90 Å². The van der Waals surface area contributed by atoms with Gasteiger partial charge in [0.2, 0.25) is 0 Å². The van der Waals surface area contributed by atoms with E-state index < -0.39 is 9.84 Å². The van der Waals surface area contributed by atoms with Crippen LogP contribution in [0.15, 0.2) is 53.5 Å². The Hall–Kier alpha value is -2.12. The van der Waals surface area contributed by atoms with Crippen molar-refractivity contribution in [1.82, 2.24) is 0 Å². The molecule has 0 saturated carbocycles. The zero-order valence-corrected chi connectivity index (χ0v) is 16.8. The number of nitrogens with zero attached hydrogens (tertiary/aromatic N) is 2. The van der Waals surface area contributed by atoms with Crippen molar-refractivity contribution in [2.75, 3.05) is 16.4 Å². The maximum atomic E-state index is 12.6. The number of rotatable bonds is 2. The molecule has 0 spiro atoms. The zero-order valence-electron chi connectivity index (χ0n) is 15.1. The van der Waals surface area contributed by atoms with E-state index in [9.17, 15) is 13.2 Å². The Morgan fingerprint density at radius 3 is 2.59 bits per heavy atom. The minimum atomic E-state index is -3.08. The second-order valence-electron chi connectivity index (χ2n) is 7.03. The van der Waals surface area contributed by atoms with E-state index in [4.69, 9.17) is 0 Å². The number of fused-ring (bicyclic) bond motifs is 1. The van der Waals surface area contributed by atoms with Crippen LogP contribution in [0, 0.1) is 13.8 Å². The first kappa shape index (κ1) is 18.3. The monoisotopic (exact) mass is 400 g/mol. The minimum Gasteiger partial charge on any atom is -0.315 e. The minimum absolute atomic E-state index is 0.0938. The van der Waals surface area contributed by atoms with Gasteiger partial charge in [0.05, 0.1) is 17.5 Å². The topological polar surface area (TPSA) is 66.8 Å². The van der Waals surface area contributed by atoms with E-state index >= 15 is 0 Å². The summed E-state index contributed by atoms with van der Waals surface area (Å²) in [7, 11) is -3.08. The van der Waals surface area contributed by atoms with Crippen molar-refractivity contribution in [3.8, 4) is 0 Å². The van der Waals surface area contributed by atoms with Crippen molar-refractivity contribution >= 4 is 38.4 Å². The number of sulfone groups is 1. The number of aryl methyl sites for hydroxylation is 2. The zero-order chi connectivity index (χ0) is 19.2. The highest BCUT2D eigenvalue weighted by atomic mass is 32.2. The summed E-state index contributed by atoms with van der Waals surface area (Å²) in [5, 5.41) is 0.486. The fraction of sp³-hybridized carbons (Fsp3) is 0.300.